The van der Waals surface area contributed by atoms with Crippen LogP contribution >= 0.6 is 0 Å². The number of aromatic nitrogens is 1. The van der Waals surface area contributed by atoms with E-state index in [1.165, 1.54) is 32.8 Å². The normalized spacial score (nSPS) is 10.3. The van der Waals surface area contributed by atoms with Crippen LogP contribution < -0.4 is 20.8 Å². The Bertz CT molecular complexity index is 618. The minimum absolute atomic E-state index is 0. The number of primary amides is 1. The van der Waals surface area contributed by atoms with E-state index in [9.17, 15) is 15.0 Å². The fraction of sp³-hybridized carbons (Fsp3) is 0.500. The first-order valence-corrected chi connectivity index (χ1v) is 7.99. The van der Waals surface area contributed by atoms with Gasteiger partial charge >= 0.3 is 0 Å². The number of aliphatic hydroxyl groups excluding tert-OH is 1. The second kappa shape index (κ2) is 18.4. The summed E-state index contributed by atoms with van der Waals surface area (Å²) in [4.78, 5) is 15.8. The second-order valence-electron chi connectivity index (χ2n) is 5.09. The standard InChI is InChI=1S/C10H12N4O4.C6H15N.2O.V/c1-5-8(16)7(6(4-15)2-12-5)3-13-14-10(18)9(11)17;1-4-7(5-2)6-3;;;/h2-3,15-16H,4H2,1H3,(H2,11,17)(H,14,18);4-6H2,1-3H3;;;/q;;2*-2;/p-1/b13-3+;;;;. The molecular weight excluding hydrogens is 409 g/mol. The van der Waals surface area contributed by atoms with E-state index in [-0.39, 0.29) is 46.3 Å². The van der Waals surface area contributed by atoms with Gasteiger partial charge in [0, 0.05) is 36.0 Å². The van der Waals surface area contributed by atoms with E-state index < -0.39 is 24.2 Å². The van der Waals surface area contributed by atoms with E-state index in [4.69, 9.17) is 5.11 Å². The number of carbonyl (C=O) groups is 1. The fourth-order valence-corrected chi connectivity index (χ4v) is 1.85. The molecule has 0 unspecified atom stereocenters. The van der Waals surface area contributed by atoms with Gasteiger partial charge in [-0.05, 0) is 33.3 Å². The molecule has 1 heterocycles. The topological polar surface area (TPSA) is 208 Å². The third-order valence-corrected chi connectivity index (χ3v) is 3.55. The number of amides is 1. The molecule has 11 nitrogen and oxygen atoms in total. The molecule has 28 heavy (non-hydrogen) atoms. The van der Waals surface area contributed by atoms with Gasteiger partial charge < -0.3 is 36.9 Å². The summed E-state index contributed by atoms with van der Waals surface area (Å²) in [6.07, 6.45) is 2.29. The quantitative estimate of drug-likeness (QED) is 0.245. The number of nitrogens with two attached hydrogens (primary N) is 1. The van der Waals surface area contributed by atoms with Gasteiger partial charge in [-0.15, -0.1) is 0 Å². The first-order chi connectivity index (χ1) is 11.8. The largest absolute Gasteiger partial charge is 2.00 e. The molecule has 0 aliphatic rings. The van der Waals surface area contributed by atoms with E-state index in [0.717, 1.165) is 6.21 Å². The smallest absolute Gasteiger partial charge is 0.254 e. The average molecular weight is 435 g/mol. The van der Waals surface area contributed by atoms with Gasteiger partial charge in [0.25, 0.3) is 5.91 Å². The Labute approximate surface area is 176 Å². The number of carbonyl (C=O) groups excluding carboxylic acids is 1. The molecule has 1 aromatic heterocycles. The number of pyridine rings is 1. The molecule has 0 aliphatic heterocycles. The zero-order chi connectivity index (χ0) is 19.4. The van der Waals surface area contributed by atoms with E-state index in [1.807, 2.05) is 0 Å². The number of hydrogen-bond acceptors (Lipinski definition) is 7. The molecule has 0 atom stereocenters. The van der Waals surface area contributed by atoms with Crippen LogP contribution in [0.2, 0.25) is 0 Å². The molecule has 0 spiro atoms. The second-order valence-corrected chi connectivity index (χ2v) is 5.09. The molecule has 0 bridgehead atoms. The van der Waals surface area contributed by atoms with Gasteiger partial charge in [0.2, 0.25) is 0 Å². The number of hydrogen-bond donors (Lipinski definition) is 3. The van der Waals surface area contributed by atoms with Gasteiger partial charge in [-0.1, -0.05) is 5.75 Å². The summed E-state index contributed by atoms with van der Waals surface area (Å²) >= 11 is 0. The van der Waals surface area contributed by atoms with Gasteiger partial charge in [-0.25, -0.2) is 0 Å². The fourth-order valence-electron chi connectivity index (χ4n) is 1.85. The molecule has 161 valence electrons. The molecular formula is C16H26N5O6V-5. The molecule has 0 fully saturated rings. The number of nitrogens with one attached hydrogen (secondary N) is 1. The Balaban J connectivity index is -0.000000250. The van der Waals surface area contributed by atoms with E-state index in [2.05, 4.69) is 41.7 Å². The predicted octanol–water partition coefficient (Wildman–Crippen LogP) is -2.78. The summed E-state index contributed by atoms with van der Waals surface area (Å²) in [6.45, 7) is 11.6. The van der Waals surface area contributed by atoms with Crippen molar-refractivity contribution in [1.29, 1.82) is 0 Å². The van der Waals surface area contributed by atoms with Gasteiger partial charge in [-0.2, -0.15) is 10.2 Å². The zero-order valence-electron chi connectivity index (χ0n) is 16.3. The first-order valence-electron chi connectivity index (χ1n) is 7.99. The molecule has 4 N–H and O–H groups in total. The Morgan fingerprint density at radius 3 is 2.14 bits per heavy atom. The number of aliphatic hydroxyl groups is 1. The predicted molar refractivity (Wildman–Crippen MR) is 92.5 cm³/mol. The van der Waals surface area contributed by atoms with Crippen molar-refractivity contribution in [3.05, 3.63) is 23.0 Å². The molecule has 1 rings (SSSR count). The summed E-state index contributed by atoms with van der Waals surface area (Å²) in [5.41, 5.74) is 5.18. The molecule has 1 aromatic rings. The van der Waals surface area contributed by atoms with Crippen LogP contribution in [0.15, 0.2) is 16.4 Å². The summed E-state index contributed by atoms with van der Waals surface area (Å²) in [7, 11) is 0. The van der Waals surface area contributed by atoms with Crippen molar-refractivity contribution >= 4 is 18.0 Å². The molecule has 0 saturated heterocycles. The summed E-state index contributed by atoms with van der Waals surface area (Å²) in [5, 5.41) is 37.7. The molecule has 12 heteroatoms. The SMILES string of the molecule is CC[NH+](CC)CC.Cc1ncc(CO)c(/C=N/N=C(\[O-])C(N)=O)c1[O-].[O-2].[O-2].[V]. The van der Waals surface area contributed by atoms with E-state index in [0.29, 0.717) is 0 Å². The van der Waals surface area contributed by atoms with Crippen molar-refractivity contribution in [3.8, 4) is 5.75 Å². The van der Waals surface area contributed by atoms with Gasteiger partial charge in [0.05, 0.1) is 38.4 Å². The monoisotopic (exact) mass is 435 g/mol. The Kier molecular flexibility index (Phi) is 22.0. The Morgan fingerprint density at radius 2 is 1.79 bits per heavy atom. The average Bonchev–Trinajstić information content (AvgIpc) is 2.60. The van der Waals surface area contributed by atoms with Crippen molar-refractivity contribution in [2.24, 2.45) is 15.9 Å². The van der Waals surface area contributed by atoms with Crippen LogP contribution in [0, 0.1) is 6.92 Å². The van der Waals surface area contributed by atoms with Crippen LogP contribution in [0.25, 0.3) is 0 Å². The third-order valence-electron chi connectivity index (χ3n) is 3.55. The minimum Gasteiger partial charge on any atom is -2.00 e. The summed E-state index contributed by atoms with van der Waals surface area (Å²) < 4.78 is 0. The molecule has 0 aliphatic carbocycles. The van der Waals surface area contributed by atoms with Gasteiger partial charge in [-0.3, -0.25) is 9.78 Å². The zero-order valence-corrected chi connectivity index (χ0v) is 17.7. The van der Waals surface area contributed by atoms with Crippen LogP contribution in [-0.2, 0) is 40.9 Å². The molecule has 0 aromatic carbocycles. The van der Waals surface area contributed by atoms with Crippen molar-refractivity contribution in [2.75, 3.05) is 19.6 Å². The third kappa shape index (κ3) is 11.6. The number of rotatable bonds is 6. The van der Waals surface area contributed by atoms with Gasteiger partial charge in [0.15, 0.2) is 0 Å². The Morgan fingerprint density at radius 1 is 1.29 bits per heavy atom. The number of aryl methyl sites for hydroxylation is 1. The number of quaternary nitrogens is 1. The summed E-state index contributed by atoms with van der Waals surface area (Å²) in [5.74, 6) is -2.91. The number of nitrogens with zero attached hydrogens (tertiary/aromatic N) is 3. The molecule has 1 radical (unpaired) electrons. The van der Waals surface area contributed by atoms with Crippen LogP contribution in [0.5, 0.6) is 5.75 Å². The van der Waals surface area contributed by atoms with Crippen LogP contribution in [0.4, 0.5) is 0 Å². The van der Waals surface area contributed by atoms with Crippen molar-refractivity contribution in [3.63, 3.8) is 0 Å². The van der Waals surface area contributed by atoms with Crippen LogP contribution in [0.1, 0.15) is 37.6 Å². The van der Waals surface area contributed by atoms with Gasteiger partial charge in [0.1, 0.15) is 0 Å². The molecule has 0 saturated carbocycles. The molecule has 1 amide bonds. The van der Waals surface area contributed by atoms with E-state index >= 15 is 0 Å². The van der Waals surface area contributed by atoms with Crippen molar-refractivity contribution in [2.45, 2.75) is 34.3 Å². The van der Waals surface area contributed by atoms with Crippen LogP contribution in [-0.4, -0.2) is 47.7 Å². The Hall–Kier alpha value is -2.02. The minimum atomic E-state index is -1.25. The first kappa shape index (κ1) is 33.6. The van der Waals surface area contributed by atoms with Crippen molar-refractivity contribution in [1.82, 2.24) is 4.98 Å². The van der Waals surface area contributed by atoms with Crippen LogP contribution in [0.3, 0.4) is 0 Å². The maximum Gasteiger partial charge on any atom is 0.254 e. The van der Waals surface area contributed by atoms with E-state index in [1.54, 1.807) is 4.90 Å². The van der Waals surface area contributed by atoms with Crippen molar-refractivity contribution < 1.29 is 54.5 Å². The maximum absolute atomic E-state index is 11.7. The maximum atomic E-state index is 11.7. The summed E-state index contributed by atoms with van der Waals surface area (Å²) in [6, 6.07) is 0.